The van der Waals surface area contributed by atoms with E-state index in [-0.39, 0.29) is 0 Å². The molecule has 0 nitrogen and oxygen atoms in total. The molecule has 2 heterocycles. The molecule has 2 rings (SSSR count). The van der Waals surface area contributed by atoms with Crippen LogP contribution >= 0.6 is 22.7 Å². The first-order chi connectivity index (χ1) is 11.8. The summed E-state index contributed by atoms with van der Waals surface area (Å²) in [5, 5.41) is 4.58. The maximum atomic E-state index is 2.38. The Balaban J connectivity index is 1.83. The van der Waals surface area contributed by atoms with E-state index in [2.05, 4.69) is 48.9 Å². The fraction of sp³-hybridized carbons (Fsp3) is 0.545. The van der Waals surface area contributed by atoms with Gasteiger partial charge in [-0.3, -0.25) is 0 Å². The van der Waals surface area contributed by atoms with Crippen LogP contribution in [0.5, 0.6) is 0 Å². The molecule has 0 N–H and O–H groups in total. The zero-order chi connectivity index (χ0) is 17.0. The van der Waals surface area contributed by atoms with Crippen LogP contribution in [0.2, 0.25) is 0 Å². The molecule has 2 aromatic rings. The van der Waals surface area contributed by atoms with Gasteiger partial charge in [-0.1, -0.05) is 52.4 Å². The SMILES string of the molecule is CCCCCCc1csc(/C=C/c2sccc2CCCCCC)c1. The van der Waals surface area contributed by atoms with Gasteiger partial charge in [0.25, 0.3) is 0 Å². The van der Waals surface area contributed by atoms with Crippen LogP contribution in [0.15, 0.2) is 22.9 Å². The molecule has 0 amide bonds. The van der Waals surface area contributed by atoms with Gasteiger partial charge < -0.3 is 0 Å². The predicted molar refractivity (Wildman–Crippen MR) is 113 cm³/mol. The molecular formula is C22H32S2. The first kappa shape index (κ1) is 19.5. The third-order valence-corrected chi connectivity index (χ3v) is 6.34. The molecule has 0 atom stereocenters. The van der Waals surface area contributed by atoms with Gasteiger partial charge in [0.2, 0.25) is 0 Å². The third-order valence-electron chi connectivity index (χ3n) is 4.47. The minimum atomic E-state index is 1.23. The lowest BCUT2D eigenvalue weighted by atomic mass is 10.1. The number of hydrogen-bond donors (Lipinski definition) is 0. The highest BCUT2D eigenvalue weighted by Gasteiger charge is 2.02. The molecule has 2 aromatic heterocycles. The number of hydrogen-bond acceptors (Lipinski definition) is 2. The number of unbranched alkanes of at least 4 members (excludes halogenated alkanes) is 6. The maximum Gasteiger partial charge on any atom is 0.0302 e. The van der Waals surface area contributed by atoms with E-state index in [0.717, 1.165) is 0 Å². The molecule has 0 fully saturated rings. The Bertz CT molecular complexity index is 589. The van der Waals surface area contributed by atoms with Crippen molar-refractivity contribution in [2.24, 2.45) is 0 Å². The van der Waals surface area contributed by atoms with Gasteiger partial charge in [-0.05, 0) is 71.9 Å². The van der Waals surface area contributed by atoms with Crippen LogP contribution in [0.3, 0.4) is 0 Å². The number of rotatable bonds is 12. The van der Waals surface area contributed by atoms with E-state index in [1.165, 1.54) is 85.1 Å². The summed E-state index contributed by atoms with van der Waals surface area (Å²) >= 11 is 3.76. The van der Waals surface area contributed by atoms with Crippen molar-refractivity contribution in [3.63, 3.8) is 0 Å². The Morgan fingerprint density at radius 2 is 1.58 bits per heavy atom. The lowest BCUT2D eigenvalue weighted by Crippen LogP contribution is -1.85. The van der Waals surface area contributed by atoms with Crippen LogP contribution in [-0.2, 0) is 12.8 Å². The van der Waals surface area contributed by atoms with E-state index >= 15 is 0 Å². The second kappa shape index (κ2) is 11.7. The normalized spacial score (nSPS) is 11.6. The van der Waals surface area contributed by atoms with Crippen LogP contribution in [0.1, 0.15) is 86.1 Å². The summed E-state index contributed by atoms with van der Waals surface area (Å²) in [6.45, 7) is 4.55. The molecule has 0 aliphatic heterocycles. The van der Waals surface area contributed by atoms with Gasteiger partial charge in [0, 0.05) is 9.75 Å². The van der Waals surface area contributed by atoms with Crippen LogP contribution in [0.4, 0.5) is 0 Å². The third kappa shape index (κ3) is 6.94. The van der Waals surface area contributed by atoms with E-state index in [0.29, 0.717) is 0 Å². The standard InChI is InChI=1S/C22H32S2/c1-3-5-7-9-11-19-17-21(24-18-19)13-14-22-20(15-16-23-22)12-10-8-6-4-2/h13-18H,3-12H2,1-2H3/b14-13+. The van der Waals surface area contributed by atoms with Crippen LogP contribution in [-0.4, -0.2) is 0 Å². The summed E-state index contributed by atoms with van der Waals surface area (Å²) in [6.07, 6.45) is 17.9. The van der Waals surface area contributed by atoms with Crippen LogP contribution in [0.25, 0.3) is 12.2 Å². The molecule has 132 valence electrons. The molecule has 0 aromatic carbocycles. The van der Waals surface area contributed by atoms with E-state index < -0.39 is 0 Å². The second-order valence-electron chi connectivity index (χ2n) is 6.62. The van der Waals surface area contributed by atoms with Crippen molar-refractivity contribution in [3.05, 3.63) is 43.8 Å². The molecule has 0 bridgehead atoms. The van der Waals surface area contributed by atoms with Crippen molar-refractivity contribution in [2.45, 2.75) is 78.1 Å². The van der Waals surface area contributed by atoms with E-state index in [1.807, 2.05) is 22.7 Å². The molecule has 0 saturated carbocycles. The Morgan fingerprint density at radius 3 is 2.33 bits per heavy atom. The van der Waals surface area contributed by atoms with Gasteiger partial charge >= 0.3 is 0 Å². The number of aryl methyl sites for hydroxylation is 2. The minimum Gasteiger partial charge on any atom is -0.144 e. The smallest absolute Gasteiger partial charge is 0.0302 e. The molecule has 0 aliphatic carbocycles. The predicted octanol–water partition coefficient (Wildman–Crippen LogP) is 8.23. The Kier molecular flexibility index (Phi) is 9.45. The lowest BCUT2D eigenvalue weighted by Gasteiger charge is -2.00. The second-order valence-corrected chi connectivity index (χ2v) is 8.51. The Labute approximate surface area is 156 Å². The van der Waals surface area contributed by atoms with Gasteiger partial charge in [-0.2, -0.15) is 0 Å². The first-order valence-electron chi connectivity index (χ1n) is 9.65. The largest absolute Gasteiger partial charge is 0.144 e. The van der Waals surface area contributed by atoms with Gasteiger partial charge in [0.05, 0.1) is 0 Å². The van der Waals surface area contributed by atoms with E-state index in [9.17, 15) is 0 Å². The molecule has 0 spiro atoms. The molecule has 2 heteroatoms. The summed E-state index contributed by atoms with van der Waals surface area (Å²) in [5.41, 5.74) is 3.05. The fourth-order valence-corrected chi connectivity index (χ4v) is 4.66. The quantitative estimate of drug-likeness (QED) is 0.334. The van der Waals surface area contributed by atoms with E-state index in [1.54, 1.807) is 0 Å². The summed E-state index contributed by atoms with van der Waals surface area (Å²) < 4.78 is 0. The van der Waals surface area contributed by atoms with Gasteiger partial charge in [-0.25, -0.2) is 0 Å². The molecule has 0 aliphatic rings. The van der Waals surface area contributed by atoms with Crippen molar-refractivity contribution in [1.29, 1.82) is 0 Å². The summed E-state index contributed by atoms with van der Waals surface area (Å²) in [4.78, 5) is 2.84. The monoisotopic (exact) mass is 360 g/mol. The highest BCUT2D eigenvalue weighted by Crippen LogP contribution is 2.24. The van der Waals surface area contributed by atoms with Crippen molar-refractivity contribution in [1.82, 2.24) is 0 Å². The number of thiophene rings is 2. The minimum absolute atomic E-state index is 1.23. The molecule has 0 saturated heterocycles. The fourth-order valence-electron chi connectivity index (χ4n) is 2.97. The van der Waals surface area contributed by atoms with Crippen molar-refractivity contribution < 1.29 is 0 Å². The van der Waals surface area contributed by atoms with Crippen molar-refractivity contribution in [3.8, 4) is 0 Å². The lowest BCUT2D eigenvalue weighted by molar-refractivity contribution is 0.667. The summed E-state index contributed by atoms with van der Waals surface area (Å²) in [6, 6.07) is 4.69. The average Bonchev–Trinajstić information content (AvgIpc) is 3.23. The Morgan fingerprint density at radius 1 is 0.833 bits per heavy atom. The highest BCUT2D eigenvalue weighted by atomic mass is 32.1. The highest BCUT2D eigenvalue weighted by molar-refractivity contribution is 7.12. The Hall–Kier alpha value is -0.860. The van der Waals surface area contributed by atoms with E-state index in [4.69, 9.17) is 0 Å². The van der Waals surface area contributed by atoms with Crippen molar-refractivity contribution >= 4 is 34.8 Å². The maximum absolute atomic E-state index is 2.38. The molecule has 0 unspecified atom stereocenters. The molecular weight excluding hydrogens is 328 g/mol. The van der Waals surface area contributed by atoms with Crippen molar-refractivity contribution in [2.75, 3.05) is 0 Å². The van der Waals surface area contributed by atoms with Crippen LogP contribution in [0, 0.1) is 0 Å². The first-order valence-corrected chi connectivity index (χ1v) is 11.4. The average molecular weight is 361 g/mol. The zero-order valence-corrected chi connectivity index (χ0v) is 17.0. The van der Waals surface area contributed by atoms with Gasteiger partial charge in [-0.15, -0.1) is 22.7 Å². The molecule has 24 heavy (non-hydrogen) atoms. The topological polar surface area (TPSA) is 0 Å². The van der Waals surface area contributed by atoms with Crippen LogP contribution < -0.4 is 0 Å². The van der Waals surface area contributed by atoms with Gasteiger partial charge in [0.1, 0.15) is 0 Å². The summed E-state index contributed by atoms with van der Waals surface area (Å²) in [5.74, 6) is 0. The zero-order valence-electron chi connectivity index (χ0n) is 15.4. The van der Waals surface area contributed by atoms with Gasteiger partial charge in [0.15, 0.2) is 0 Å². The molecule has 0 radical (unpaired) electrons. The summed E-state index contributed by atoms with van der Waals surface area (Å²) in [7, 11) is 0.